The van der Waals surface area contributed by atoms with Gasteiger partial charge in [0.1, 0.15) is 4.90 Å². The van der Waals surface area contributed by atoms with Crippen molar-refractivity contribution in [3.63, 3.8) is 0 Å². The SMILES string of the molecule is Cc1cc(S(=O)(=O)N2CCC(S(=O)(=O)c3ccccc3)C2)c(Cl)cc1Cl. The van der Waals surface area contributed by atoms with Gasteiger partial charge in [0, 0.05) is 18.1 Å². The molecule has 0 spiro atoms. The number of hydrogen-bond acceptors (Lipinski definition) is 4. The highest BCUT2D eigenvalue weighted by molar-refractivity contribution is 7.92. The van der Waals surface area contributed by atoms with E-state index in [-0.39, 0.29) is 34.3 Å². The lowest BCUT2D eigenvalue weighted by molar-refractivity contribution is 0.476. The summed E-state index contributed by atoms with van der Waals surface area (Å²) in [7, 11) is -7.51. The zero-order valence-electron chi connectivity index (χ0n) is 13.9. The molecule has 0 saturated carbocycles. The second-order valence-electron chi connectivity index (χ2n) is 6.16. The number of hydrogen-bond donors (Lipinski definition) is 0. The van der Waals surface area contributed by atoms with Crippen molar-refractivity contribution in [1.29, 1.82) is 0 Å². The maximum Gasteiger partial charge on any atom is 0.244 e. The van der Waals surface area contributed by atoms with Gasteiger partial charge in [-0.2, -0.15) is 4.31 Å². The van der Waals surface area contributed by atoms with E-state index in [1.165, 1.54) is 28.6 Å². The third kappa shape index (κ3) is 3.51. The van der Waals surface area contributed by atoms with E-state index in [9.17, 15) is 16.8 Å². The number of halogens is 2. The molecule has 1 atom stereocenters. The molecule has 0 N–H and O–H groups in total. The van der Waals surface area contributed by atoms with Crippen LogP contribution in [0.5, 0.6) is 0 Å². The summed E-state index contributed by atoms with van der Waals surface area (Å²) in [5, 5.41) is -0.387. The standard InChI is InChI=1S/C17H17Cl2NO4S2/c1-12-9-17(16(19)10-15(12)18)26(23,24)20-8-7-14(11-20)25(21,22)13-5-3-2-4-6-13/h2-6,9-10,14H,7-8,11H2,1H3. The van der Waals surface area contributed by atoms with Gasteiger partial charge in [-0.05, 0) is 43.2 Å². The minimum absolute atomic E-state index is 0.0231. The molecule has 0 aromatic heterocycles. The molecule has 1 aliphatic rings. The third-order valence-corrected chi connectivity index (χ3v) is 9.38. The Morgan fingerprint density at radius 2 is 1.65 bits per heavy atom. The van der Waals surface area contributed by atoms with Crippen LogP contribution in [0.1, 0.15) is 12.0 Å². The van der Waals surface area contributed by atoms with Crippen LogP contribution >= 0.6 is 23.2 Å². The molecule has 9 heteroatoms. The Morgan fingerprint density at radius 3 is 2.31 bits per heavy atom. The Balaban J connectivity index is 1.90. The fourth-order valence-electron chi connectivity index (χ4n) is 2.94. The van der Waals surface area contributed by atoms with E-state index in [4.69, 9.17) is 23.2 Å². The monoisotopic (exact) mass is 433 g/mol. The van der Waals surface area contributed by atoms with Gasteiger partial charge in [0.25, 0.3) is 0 Å². The fraction of sp³-hybridized carbons (Fsp3) is 0.294. The predicted octanol–water partition coefficient (Wildman–Crippen LogP) is 3.54. The van der Waals surface area contributed by atoms with Gasteiger partial charge < -0.3 is 0 Å². The van der Waals surface area contributed by atoms with Gasteiger partial charge >= 0.3 is 0 Å². The first kappa shape index (κ1) is 19.6. The summed E-state index contributed by atoms with van der Waals surface area (Å²) in [5.74, 6) is 0. The van der Waals surface area contributed by atoms with Crippen molar-refractivity contribution in [3.05, 3.63) is 58.1 Å². The molecule has 2 aromatic carbocycles. The summed E-state index contributed by atoms with van der Waals surface area (Å²) >= 11 is 12.1. The topological polar surface area (TPSA) is 71.5 Å². The quantitative estimate of drug-likeness (QED) is 0.738. The summed E-state index contributed by atoms with van der Waals surface area (Å²) in [6, 6.07) is 10.9. The maximum atomic E-state index is 12.9. The van der Waals surface area contributed by atoms with E-state index in [0.717, 1.165) is 0 Å². The lowest BCUT2D eigenvalue weighted by Gasteiger charge is -2.18. The fourth-order valence-corrected chi connectivity index (χ4v) is 7.05. The van der Waals surface area contributed by atoms with Gasteiger partial charge in [-0.1, -0.05) is 41.4 Å². The van der Waals surface area contributed by atoms with Gasteiger partial charge in [-0.15, -0.1) is 0 Å². The Labute approximate surface area is 163 Å². The van der Waals surface area contributed by atoms with Crippen molar-refractivity contribution < 1.29 is 16.8 Å². The van der Waals surface area contributed by atoms with Crippen LogP contribution < -0.4 is 0 Å². The number of rotatable bonds is 4. The summed E-state index contributed by atoms with van der Waals surface area (Å²) in [4.78, 5) is 0.142. The van der Waals surface area contributed by atoms with Gasteiger partial charge in [-0.25, -0.2) is 16.8 Å². The van der Waals surface area contributed by atoms with Crippen LogP contribution in [0.4, 0.5) is 0 Å². The van der Waals surface area contributed by atoms with Crippen LogP contribution in [-0.4, -0.2) is 39.5 Å². The molecule has 140 valence electrons. The minimum Gasteiger partial charge on any atom is -0.223 e. The first-order valence-corrected chi connectivity index (χ1v) is 11.6. The normalized spacial score (nSPS) is 19.0. The number of aryl methyl sites for hydroxylation is 1. The first-order chi connectivity index (χ1) is 12.1. The van der Waals surface area contributed by atoms with Gasteiger partial charge in [0.2, 0.25) is 10.0 Å². The Hall–Kier alpha value is -1.12. The van der Waals surface area contributed by atoms with Crippen molar-refractivity contribution in [2.45, 2.75) is 28.4 Å². The Bertz CT molecular complexity index is 1040. The van der Waals surface area contributed by atoms with Crippen molar-refractivity contribution in [2.24, 2.45) is 0 Å². The first-order valence-electron chi connectivity index (χ1n) is 7.89. The molecule has 26 heavy (non-hydrogen) atoms. The molecule has 1 unspecified atom stereocenters. The smallest absolute Gasteiger partial charge is 0.223 e. The van der Waals surface area contributed by atoms with Crippen LogP contribution in [0.15, 0.2) is 52.3 Å². The van der Waals surface area contributed by atoms with E-state index >= 15 is 0 Å². The second kappa shape index (κ2) is 7.13. The summed E-state index contributed by atoms with van der Waals surface area (Å²) in [6.45, 7) is 1.71. The zero-order valence-corrected chi connectivity index (χ0v) is 17.0. The van der Waals surface area contributed by atoms with E-state index in [2.05, 4.69) is 0 Å². The largest absolute Gasteiger partial charge is 0.244 e. The number of sulfonamides is 1. The third-order valence-electron chi connectivity index (χ3n) is 4.45. The van der Waals surface area contributed by atoms with Gasteiger partial charge in [0.15, 0.2) is 9.84 Å². The number of benzene rings is 2. The van der Waals surface area contributed by atoms with Crippen molar-refractivity contribution in [2.75, 3.05) is 13.1 Å². The average Bonchev–Trinajstić information content (AvgIpc) is 3.10. The van der Waals surface area contributed by atoms with Crippen molar-refractivity contribution in [1.82, 2.24) is 4.31 Å². The Morgan fingerprint density at radius 1 is 1.00 bits per heavy atom. The van der Waals surface area contributed by atoms with E-state index < -0.39 is 25.1 Å². The summed E-state index contributed by atoms with van der Waals surface area (Å²) in [5.41, 5.74) is 0.585. The van der Waals surface area contributed by atoms with E-state index in [0.29, 0.717) is 10.6 Å². The highest BCUT2D eigenvalue weighted by atomic mass is 35.5. The predicted molar refractivity (Wildman–Crippen MR) is 102 cm³/mol. The molecule has 1 fully saturated rings. The second-order valence-corrected chi connectivity index (χ2v) is 11.1. The maximum absolute atomic E-state index is 12.9. The summed E-state index contributed by atoms with van der Waals surface area (Å²) in [6.07, 6.45) is 0.237. The highest BCUT2D eigenvalue weighted by Gasteiger charge is 2.40. The number of nitrogens with zero attached hydrogens (tertiary/aromatic N) is 1. The lowest BCUT2D eigenvalue weighted by Crippen LogP contribution is -2.32. The van der Waals surface area contributed by atoms with E-state index in [1.807, 2.05) is 0 Å². The molecule has 1 aliphatic heterocycles. The molecule has 1 saturated heterocycles. The molecule has 5 nitrogen and oxygen atoms in total. The number of sulfone groups is 1. The molecule has 2 aromatic rings. The van der Waals surface area contributed by atoms with Crippen LogP contribution in [0.2, 0.25) is 10.0 Å². The molecular formula is C17H17Cl2NO4S2. The van der Waals surface area contributed by atoms with Crippen LogP contribution in [0.3, 0.4) is 0 Å². The Kier molecular flexibility index (Phi) is 5.38. The summed E-state index contributed by atoms with van der Waals surface area (Å²) < 4.78 is 52.5. The zero-order chi connectivity index (χ0) is 19.1. The average molecular weight is 434 g/mol. The van der Waals surface area contributed by atoms with Crippen molar-refractivity contribution >= 4 is 43.1 Å². The van der Waals surface area contributed by atoms with Crippen LogP contribution in [0.25, 0.3) is 0 Å². The molecular weight excluding hydrogens is 417 g/mol. The molecule has 0 amide bonds. The highest BCUT2D eigenvalue weighted by Crippen LogP contribution is 2.33. The van der Waals surface area contributed by atoms with Crippen LogP contribution in [0, 0.1) is 6.92 Å². The lowest BCUT2D eigenvalue weighted by atomic mass is 10.2. The molecule has 0 bridgehead atoms. The molecule has 0 aliphatic carbocycles. The molecule has 3 rings (SSSR count). The molecule has 0 radical (unpaired) electrons. The van der Waals surface area contributed by atoms with Gasteiger partial charge in [-0.3, -0.25) is 0 Å². The van der Waals surface area contributed by atoms with E-state index in [1.54, 1.807) is 25.1 Å². The van der Waals surface area contributed by atoms with Crippen LogP contribution in [-0.2, 0) is 19.9 Å². The van der Waals surface area contributed by atoms with Crippen molar-refractivity contribution in [3.8, 4) is 0 Å². The minimum atomic E-state index is -3.91. The molecule has 1 heterocycles. The van der Waals surface area contributed by atoms with Gasteiger partial charge in [0.05, 0.1) is 15.2 Å².